The molecule has 0 saturated heterocycles. The van der Waals surface area contributed by atoms with Gasteiger partial charge in [-0.3, -0.25) is 37.3 Å². The number of phosphoric ester groups is 2. The molecule has 0 aromatic carbocycles. The maximum atomic E-state index is 13.1. The maximum Gasteiger partial charge on any atom is 0.472 e. The van der Waals surface area contributed by atoms with Gasteiger partial charge >= 0.3 is 39.5 Å². The van der Waals surface area contributed by atoms with E-state index in [9.17, 15) is 43.2 Å². The van der Waals surface area contributed by atoms with E-state index in [-0.39, 0.29) is 25.7 Å². The number of esters is 4. The number of hydrogen-bond acceptors (Lipinski definition) is 15. The Hall–Kier alpha value is -1.94. The monoisotopic (exact) mass is 1410 g/mol. The molecule has 570 valence electrons. The fourth-order valence-corrected chi connectivity index (χ4v) is 13.3. The molecule has 96 heavy (non-hydrogen) atoms. The summed E-state index contributed by atoms with van der Waals surface area (Å²) < 4.78 is 68.6. The van der Waals surface area contributed by atoms with Gasteiger partial charge in [-0.2, -0.15) is 0 Å². The second-order valence-corrected chi connectivity index (χ2v) is 32.3. The van der Waals surface area contributed by atoms with E-state index in [2.05, 4.69) is 55.4 Å². The zero-order chi connectivity index (χ0) is 71.0. The van der Waals surface area contributed by atoms with E-state index in [0.29, 0.717) is 25.7 Å². The first-order chi connectivity index (χ1) is 46.1. The highest BCUT2D eigenvalue weighted by molar-refractivity contribution is 7.47. The summed E-state index contributed by atoms with van der Waals surface area (Å²) in [5.74, 6) is 0.944. The average Bonchev–Trinajstić information content (AvgIpc) is 3.73. The van der Waals surface area contributed by atoms with Gasteiger partial charge in [0, 0.05) is 25.7 Å². The molecule has 0 amide bonds. The number of phosphoric acid groups is 2. The summed E-state index contributed by atoms with van der Waals surface area (Å²) in [6.07, 6.45) is 51.4. The van der Waals surface area contributed by atoms with Crippen molar-refractivity contribution in [2.75, 3.05) is 39.6 Å². The molecule has 19 heteroatoms. The molecule has 17 nitrogen and oxygen atoms in total. The number of hydrogen-bond donors (Lipinski definition) is 3. The Balaban J connectivity index is 5.23. The molecule has 0 aromatic heterocycles. The Labute approximate surface area is 588 Å². The summed E-state index contributed by atoms with van der Waals surface area (Å²) in [6.45, 7) is 14.2. The number of ether oxygens (including phenoxy) is 4. The van der Waals surface area contributed by atoms with Gasteiger partial charge in [-0.25, -0.2) is 9.13 Å². The van der Waals surface area contributed by atoms with Crippen LogP contribution < -0.4 is 0 Å². The van der Waals surface area contributed by atoms with Gasteiger partial charge in [0.2, 0.25) is 0 Å². The molecule has 0 aromatic rings. The van der Waals surface area contributed by atoms with Crippen molar-refractivity contribution in [3.05, 3.63) is 0 Å². The van der Waals surface area contributed by atoms with E-state index in [1.807, 2.05) is 0 Å². The number of rotatable bonds is 74. The number of aliphatic hydroxyl groups is 1. The minimum Gasteiger partial charge on any atom is -0.462 e. The van der Waals surface area contributed by atoms with Crippen LogP contribution in [0.3, 0.4) is 0 Å². The Bertz CT molecular complexity index is 1890. The lowest BCUT2D eigenvalue weighted by atomic mass is 10.00. The zero-order valence-corrected chi connectivity index (χ0v) is 64.8. The average molecular weight is 1410 g/mol. The number of carbonyl (C=O) groups is 4. The summed E-state index contributed by atoms with van der Waals surface area (Å²) in [5, 5.41) is 10.6. The van der Waals surface area contributed by atoms with Crippen molar-refractivity contribution in [1.82, 2.24) is 0 Å². The van der Waals surface area contributed by atoms with E-state index in [0.717, 1.165) is 120 Å². The molecular weight excluding hydrogens is 1260 g/mol. The van der Waals surface area contributed by atoms with Crippen LogP contribution in [-0.4, -0.2) is 96.7 Å². The van der Waals surface area contributed by atoms with E-state index in [1.54, 1.807) is 0 Å². The van der Waals surface area contributed by atoms with Crippen LogP contribution in [0.1, 0.15) is 389 Å². The van der Waals surface area contributed by atoms with Gasteiger partial charge in [-0.15, -0.1) is 0 Å². The van der Waals surface area contributed by atoms with Gasteiger partial charge in [0.1, 0.15) is 19.3 Å². The zero-order valence-electron chi connectivity index (χ0n) is 63.0. The molecule has 0 saturated carbocycles. The summed E-state index contributed by atoms with van der Waals surface area (Å²) in [5.41, 5.74) is 0. The minimum absolute atomic E-state index is 0.106. The Morgan fingerprint density at radius 3 is 0.740 bits per heavy atom. The van der Waals surface area contributed by atoms with E-state index < -0.39 is 97.5 Å². The third-order valence-electron chi connectivity index (χ3n) is 18.2. The smallest absolute Gasteiger partial charge is 0.462 e. The van der Waals surface area contributed by atoms with Crippen LogP contribution in [0.15, 0.2) is 0 Å². The molecule has 0 rings (SSSR count). The van der Waals surface area contributed by atoms with Crippen molar-refractivity contribution in [2.24, 2.45) is 23.7 Å². The lowest BCUT2D eigenvalue weighted by Gasteiger charge is -2.21. The molecule has 0 heterocycles. The molecule has 0 aliphatic heterocycles. The van der Waals surface area contributed by atoms with Crippen LogP contribution in [0.4, 0.5) is 0 Å². The van der Waals surface area contributed by atoms with Crippen LogP contribution in [0.5, 0.6) is 0 Å². The molecular formula is C77H150O17P2. The standard InChI is InChI=1S/C77H150O17P2/c1-9-70(8)56-48-40-35-36-42-50-58-75(80)88-64-73(94-76(81)59-51-43-33-27-19-15-13-11-10-12-14-17-23-29-37-45-53-67(2)3)66-92-96(85,86)90-62-71(78)61-89-95(83,84)91-65-72(63-87-74(79)57-49-41-32-26-22-21-25-31-39-47-55-69(6)7)93-77(82)60-52-44-34-28-20-16-18-24-30-38-46-54-68(4)5/h67-73,78H,9-66H2,1-8H3,(H,83,84)(H,85,86)/t70?,71-,72-,73-/m1/s1. The number of unbranched alkanes of at least 4 members (excludes halogenated alkanes) is 39. The van der Waals surface area contributed by atoms with Crippen molar-refractivity contribution in [2.45, 2.75) is 408 Å². The van der Waals surface area contributed by atoms with Crippen LogP contribution in [-0.2, 0) is 65.4 Å². The van der Waals surface area contributed by atoms with Crippen molar-refractivity contribution >= 4 is 39.5 Å². The number of carbonyl (C=O) groups excluding carboxylic acids is 4. The SMILES string of the molecule is CCC(C)CCCCCCCCC(=O)OC[C@H](COP(=O)(O)OC[C@H](O)COP(=O)(O)OC[C@@H](COC(=O)CCCCCCCCCCCCC(C)C)OC(=O)CCCCCCCCCCCCCC(C)C)OC(=O)CCCCCCCCCCCCCCCCCCC(C)C. The van der Waals surface area contributed by atoms with Crippen molar-refractivity contribution in [3.8, 4) is 0 Å². The lowest BCUT2D eigenvalue weighted by Crippen LogP contribution is -2.30. The fourth-order valence-electron chi connectivity index (χ4n) is 11.7. The molecule has 0 bridgehead atoms. The summed E-state index contributed by atoms with van der Waals surface area (Å²) >= 11 is 0. The first-order valence-corrected chi connectivity index (χ1v) is 42.7. The maximum absolute atomic E-state index is 13.1. The third-order valence-corrected chi connectivity index (χ3v) is 20.1. The van der Waals surface area contributed by atoms with Crippen molar-refractivity contribution in [1.29, 1.82) is 0 Å². The first-order valence-electron chi connectivity index (χ1n) is 39.7. The number of aliphatic hydroxyl groups excluding tert-OH is 1. The highest BCUT2D eigenvalue weighted by Gasteiger charge is 2.30. The quantitative estimate of drug-likeness (QED) is 0.0222. The predicted octanol–water partition coefficient (Wildman–Crippen LogP) is 22.4. The second-order valence-electron chi connectivity index (χ2n) is 29.4. The Morgan fingerprint density at radius 2 is 0.500 bits per heavy atom. The minimum atomic E-state index is -4.96. The molecule has 0 aliphatic rings. The Morgan fingerprint density at radius 1 is 0.292 bits per heavy atom. The van der Waals surface area contributed by atoms with E-state index in [4.69, 9.17) is 37.0 Å². The van der Waals surface area contributed by atoms with Gasteiger partial charge < -0.3 is 33.8 Å². The second kappa shape index (κ2) is 66.3. The highest BCUT2D eigenvalue weighted by Crippen LogP contribution is 2.45. The lowest BCUT2D eigenvalue weighted by molar-refractivity contribution is -0.161. The fraction of sp³-hybridized carbons (Fsp3) is 0.948. The molecule has 0 radical (unpaired) electrons. The van der Waals surface area contributed by atoms with Gasteiger partial charge in [-0.05, 0) is 49.4 Å². The van der Waals surface area contributed by atoms with Crippen molar-refractivity contribution in [3.63, 3.8) is 0 Å². The summed E-state index contributed by atoms with van der Waals surface area (Å²) in [7, 11) is -9.92. The van der Waals surface area contributed by atoms with Gasteiger partial charge in [0.15, 0.2) is 12.2 Å². The molecule has 3 N–H and O–H groups in total. The van der Waals surface area contributed by atoms with Gasteiger partial charge in [0.25, 0.3) is 0 Å². The van der Waals surface area contributed by atoms with E-state index >= 15 is 0 Å². The van der Waals surface area contributed by atoms with Crippen LogP contribution in [0, 0.1) is 23.7 Å². The van der Waals surface area contributed by atoms with Crippen molar-refractivity contribution < 1.29 is 80.2 Å². The van der Waals surface area contributed by atoms with Gasteiger partial charge in [-0.1, -0.05) is 338 Å². The first kappa shape index (κ1) is 94.1. The van der Waals surface area contributed by atoms with Gasteiger partial charge in [0.05, 0.1) is 26.4 Å². The molecule has 0 aliphatic carbocycles. The van der Waals surface area contributed by atoms with Crippen LogP contribution in [0.25, 0.3) is 0 Å². The normalized spacial score (nSPS) is 14.4. The Kier molecular flexibility index (Phi) is 65.0. The third kappa shape index (κ3) is 69.2. The van der Waals surface area contributed by atoms with Crippen LogP contribution >= 0.6 is 15.6 Å². The predicted molar refractivity (Wildman–Crippen MR) is 391 cm³/mol. The molecule has 3 unspecified atom stereocenters. The molecule has 0 fully saturated rings. The van der Waals surface area contributed by atoms with E-state index in [1.165, 1.54) is 186 Å². The van der Waals surface area contributed by atoms with Crippen LogP contribution in [0.2, 0.25) is 0 Å². The summed E-state index contributed by atoms with van der Waals surface area (Å²) in [4.78, 5) is 72.8. The molecule has 6 atom stereocenters. The summed E-state index contributed by atoms with van der Waals surface area (Å²) in [6, 6.07) is 0. The topological polar surface area (TPSA) is 237 Å². The largest absolute Gasteiger partial charge is 0.472 e. The molecule has 0 spiro atoms. The highest BCUT2D eigenvalue weighted by atomic mass is 31.2.